The van der Waals surface area contributed by atoms with E-state index in [0.29, 0.717) is 6.54 Å². The molecule has 0 fully saturated rings. The minimum absolute atomic E-state index is 0. The van der Waals surface area contributed by atoms with Crippen molar-refractivity contribution in [1.82, 2.24) is 25.0 Å². The summed E-state index contributed by atoms with van der Waals surface area (Å²) in [7, 11) is 3.89. The van der Waals surface area contributed by atoms with Crippen molar-refractivity contribution in [3.63, 3.8) is 0 Å². The number of rotatable bonds is 5. The lowest BCUT2D eigenvalue weighted by molar-refractivity contribution is 0.473. The van der Waals surface area contributed by atoms with Gasteiger partial charge in [0.05, 0.1) is 6.54 Å². The summed E-state index contributed by atoms with van der Waals surface area (Å²) in [6, 6.07) is 8.79. The molecule has 0 saturated heterocycles. The van der Waals surface area contributed by atoms with Crippen LogP contribution in [-0.4, -0.2) is 39.7 Å². The van der Waals surface area contributed by atoms with Gasteiger partial charge < -0.3 is 14.8 Å². The maximum Gasteiger partial charge on any atom is 0.194 e. The van der Waals surface area contributed by atoms with Gasteiger partial charge in [-0.2, -0.15) is 0 Å². The highest BCUT2D eigenvalue weighted by molar-refractivity contribution is 14.0. The Morgan fingerprint density at radius 1 is 1.15 bits per heavy atom. The zero-order chi connectivity index (χ0) is 18.4. The number of halogens is 1. The van der Waals surface area contributed by atoms with E-state index in [1.54, 1.807) is 0 Å². The van der Waals surface area contributed by atoms with Crippen molar-refractivity contribution in [2.45, 2.75) is 58.7 Å². The monoisotopic (exact) mass is 482 g/mol. The van der Waals surface area contributed by atoms with Gasteiger partial charge in [-0.15, -0.1) is 34.2 Å². The highest BCUT2D eigenvalue weighted by Gasteiger charge is 2.15. The Morgan fingerprint density at radius 3 is 2.59 bits per heavy atom. The summed E-state index contributed by atoms with van der Waals surface area (Å²) in [5, 5.41) is 12.2. The van der Waals surface area contributed by atoms with Crippen molar-refractivity contribution in [2.75, 3.05) is 14.1 Å². The van der Waals surface area contributed by atoms with E-state index in [1.165, 1.54) is 30.4 Å². The van der Waals surface area contributed by atoms with Crippen LogP contribution in [-0.2, 0) is 32.5 Å². The molecule has 1 aromatic heterocycles. The van der Waals surface area contributed by atoms with Crippen LogP contribution >= 0.6 is 24.0 Å². The van der Waals surface area contributed by atoms with Gasteiger partial charge in [0.25, 0.3) is 0 Å². The third-order valence-electron chi connectivity index (χ3n) is 5.02. The standard InChI is InChI=1S/C20H30N6.HI/c1-4-16-9-11-17(12-10-16)15-25(3)20(21-2)22-14-19-24-23-18-8-6-5-7-13-26(18)19;/h9-12H,4-8,13-15H2,1-3H3,(H,21,22);1H. The molecule has 6 nitrogen and oxygen atoms in total. The molecule has 1 N–H and O–H groups in total. The lowest BCUT2D eigenvalue weighted by Crippen LogP contribution is -2.38. The van der Waals surface area contributed by atoms with Crippen LogP contribution in [0.4, 0.5) is 0 Å². The minimum Gasteiger partial charge on any atom is -0.349 e. The topological polar surface area (TPSA) is 58.3 Å². The van der Waals surface area contributed by atoms with E-state index in [1.807, 2.05) is 7.05 Å². The molecule has 3 rings (SSSR count). The van der Waals surface area contributed by atoms with Crippen LogP contribution in [0.15, 0.2) is 29.3 Å². The van der Waals surface area contributed by atoms with Crippen molar-refractivity contribution >= 4 is 29.9 Å². The normalized spacial score (nSPS) is 14.1. The van der Waals surface area contributed by atoms with Crippen LogP contribution < -0.4 is 5.32 Å². The van der Waals surface area contributed by atoms with Crippen molar-refractivity contribution in [2.24, 2.45) is 4.99 Å². The van der Waals surface area contributed by atoms with Gasteiger partial charge in [0, 0.05) is 33.6 Å². The van der Waals surface area contributed by atoms with Gasteiger partial charge in [0.1, 0.15) is 5.82 Å². The first-order valence-electron chi connectivity index (χ1n) is 9.61. The van der Waals surface area contributed by atoms with Crippen LogP contribution in [0.25, 0.3) is 0 Å². The van der Waals surface area contributed by atoms with Gasteiger partial charge in [0.15, 0.2) is 11.8 Å². The Morgan fingerprint density at radius 2 is 1.89 bits per heavy atom. The molecule has 0 radical (unpaired) electrons. The molecule has 0 unspecified atom stereocenters. The van der Waals surface area contributed by atoms with Crippen molar-refractivity contribution < 1.29 is 0 Å². The molecule has 2 heterocycles. The number of nitrogens with one attached hydrogen (secondary N) is 1. The fourth-order valence-corrected chi connectivity index (χ4v) is 3.45. The molecule has 148 valence electrons. The van der Waals surface area contributed by atoms with Gasteiger partial charge in [0.2, 0.25) is 0 Å². The molecule has 0 amide bonds. The third-order valence-corrected chi connectivity index (χ3v) is 5.02. The van der Waals surface area contributed by atoms with Crippen LogP contribution in [0, 0.1) is 0 Å². The second-order valence-electron chi connectivity index (χ2n) is 6.92. The fourth-order valence-electron chi connectivity index (χ4n) is 3.45. The summed E-state index contributed by atoms with van der Waals surface area (Å²) in [6.45, 7) is 4.68. The Hall–Kier alpha value is -1.64. The lowest BCUT2D eigenvalue weighted by Gasteiger charge is -2.22. The van der Waals surface area contributed by atoms with E-state index in [0.717, 1.165) is 43.5 Å². The smallest absolute Gasteiger partial charge is 0.194 e. The average molecular weight is 482 g/mol. The van der Waals surface area contributed by atoms with E-state index >= 15 is 0 Å². The number of aliphatic imine (C=N–C) groups is 1. The van der Waals surface area contributed by atoms with E-state index < -0.39 is 0 Å². The maximum absolute atomic E-state index is 4.42. The highest BCUT2D eigenvalue weighted by Crippen LogP contribution is 2.14. The molecule has 0 bridgehead atoms. The van der Waals surface area contributed by atoms with E-state index in [2.05, 4.69) is 68.2 Å². The van der Waals surface area contributed by atoms with Gasteiger partial charge in [-0.1, -0.05) is 37.6 Å². The number of aromatic nitrogens is 3. The molecule has 1 aliphatic heterocycles. The van der Waals surface area contributed by atoms with Gasteiger partial charge >= 0.3 is 0 Å². The highest BCUT2D eigenvalue weighted by atomic mass is 127. The molecule has 0 saturated carbocycles. The molecular weight excluding hydrogens is 451 g/mol. The molecule has 0 spiro atoms. The van der Waals surface area contributed by atoms with E-state index in [-0.39, 0.29) is 24.0 Å². The number of nitrogens with zero attached hydrogens (tertiary/aromatic N) is 5. The van der Waals surface area contributed by atoms with Crippen molar-refractivity contribution in [3.05, 3.63) is 47.0 Å². The molecule has 2 aromatic rings. The van der Waals surface area contributed by atoms with E-state index in [9.17, 15) is 0 Å². The summed E-state index contributed by atoms with van der Waals surface area (Å²) >= 11 is 0. The maximum atomic E-state index is 4.42. The Labute approximate surface area is 179 Å². The number of hydrogen-bond acceptors (Lipinski definition) is 3. The second kappa shape index (κ2) is 10.6. The van der Waals surface area contributed by atoms with Gasteiger partial charge in [-0.3, -0.25) is 4.99 Å². The van der Waals surface area contributed by atoms with Gasteiger partial charge in [-0.05, 0) is 30.4 Å². The largest absolute Gasteiger partial charge is 0.349 e. The second-order valence-corrected chi connectivity index (χ2v) is 6.92. The predicted octanol–water partition coefficient (Wildman–Crippen LogP) is 3.39. The zero-order valence-corrected chi connectivity index (χ0v) is 18.9. The lowest BCUT2D eigenvalue weighted by atomic mass is 10.1. The Kier molecular flexibility index (Phi) is 8.53. The van der Waals surface area contributed by atoms with Crippen LogP contribution in [0.3, 0.4) is 0 Å². The van der Waals surface area contributed by atoms with Gasteiger partial charge in [-0.25, -0.2) is 0 Å². The molecule has 0 atom stereocenters. The fraction of sp³-hybridized carbons (Fsp3) is 0.550. The first kappa shape index (κ1) is 21.7. The Bertz CT molecular complexity index is 737. The number of fused-ring (bicyclic) bond motifs is 1. The van der Waals surface area contributed by atoms with Crippen LogP contribution in [0.1, 0.15) is 49.0 Å². The summed E-state index contributed by atoms with van der Waals surface area (Å²) in [4.78, 5) is 6.56. The molecule has 1 aromatic carbocycles. The quantitative estimate of drug-likeness (QED) is 0.403. The number of aryl methyl sites for hydroxylation is 2. The summed E-state index contributed by atoms with van der Waals surface area (Å²) in [5.74, 6) is 3.00. The first-order valence-corrected chi connectivity index (χ1v) is 9.61. The van der Waals surface area contributed by atoms with Crippen molar-refractivity contribution in [3.8, 4) is 0 Å². The molecular formula is C20H31IN6. The molecule has 7 heteroatoms. The molecule has 1 aliphatic rings. The van der Waals surface area contributed by atoms with Crippen LogP contribution in [0.5, 0.6) is 0 Å². The summed E-state index contributed by atoms with van der Waals surface area (Å²) in [5.41, 5.74) is 2.65. The minimum atomic E-state index is 0. The molecule has 0 aliphatic carbocycles. The first-order chi connectivity index (χ1) is 12.7. The predicted molar refractivity (Wildman–Crippen MR) is 120 cm³/mol. The number of hydrogen-bond donors (Lipinski definition) is 1. The third kappa shape index (κ3) is 5.67. The van der Waals surface area contributed by atoms with E-state index in [4.69, 9.17) is 0 Å². The summed E-state index contributed by atoms with van der Waals surface area (Å²) in [6.07, 6.45) is 5.81. The Balaban J connectivity index is 0.00000261. The average Bonchev–Trinajstić information content (AvgIpc) is 2.89. The number of benzene rings is 1. The van der Waals surface area contributed by atoms with Crippen LogP contribution in [0.2, 0.25) is 0 Å². The summed E-state index contributed by atoms with van der Waals surface area (Å²) < 4.78 is 2.27. The molecule has 27 heavy (non-hydrogen) atoms. The van der Waals surface area contributed by atoms with Crippen molar-refractivity contribution in [1.29, 1.82) is 0 Å². The number of guanidine groups is 1. The zero-order valence-electron chi connectivity index (χ0n) is 16.6. The SMILES string of the molecule is CCc1ccc(CN(C)C(=NC)NCc2nnc3n2CCCCC3)cc1.I.